The third-order valence-corrected chi connectivity index (χ3v) is 15.1. The van der Waals surface area contributed by atoms with Crippen LogP contribution in [0.3, 0.4) is 0 Å². The third-order valence-electron chi connectivity index (χ3n) is 15.1. The number of Topliss-reactive ketones (excluding diaryl/α,β-unsaturated/α-hetero) is 1. The number of aromatic nitrogens is 4. The molecule has 5 atom stereocenters. The second-order valence-electron chi connectivity index (χ2n) is 17.8. The van der Waals surface area contributed by atoms with Crippen molar-refractivity contribution in [1.29, 1.82) is 0 Å². The Morgan fingerprint density at radius 3 is 1.70 bits per heavy atom. The number of hydrogen-bond acceptors (Lipinski definition) is 4. The minimum absolute atomic E-state index is 0.117. The molecule has 1 saturated heterocycles. The Morgan fingerprint density at radius 2 is 1.19 bits per heavy atom. The van der Waals surface area contributed by atoms with E-state index in [1.54, 1.807) is 29.8 Å². The summed E-state index contributed by atoms with van der Waals surface area (Å²) in [6, 6.07) is 22.5. The van der Waals surface area contributed by atoms with E-state index in [-0.39, 0.29) is 28.1 Å². The molecule has 5 aliphatic rings. The van der Waals surface area contributed by atoms with E-state index in [0.717, 1.165) is 85.3 Å². The van der Waals surface area contributed by atoms with Gasteiger partial charge in [-0.05, 0) is 195 Å². The van der Waals surface area contributed by atoms with Gasteiger partial charge in [0.05, 0.1) is 47.0 Å². The summed E-state index contributed by atoms with van der Waals surface area (Å²) < 4.78 is 36.4. The molecule has 6 nitrogen and oxygen atoms in total. The van der Waals surface area contributed by atoms with Crippen LogP contribution in [0.25, 0.3) is 33.2 Å². The zero-order valence-corrected chi connectivity index (χ0v) is 33.2. The van der Waals surface area contributed by atoms with E-state index in [4.69, 9.17) is 4.74 Å². The van der Waals surface area contributed by atoms with Gasteiger partial charge in [-0.2, -0.15) is 10.2 Å². The van der Waals surface area contributed by atoms with Crippen LogP contribution in [0, 0.1) is 23.5 Å². The number of fused-ring (bicyclic) bond motifs is 8. The maximum Gasteiger partial charge on any atom is 0.133 e. The van der Waals surface area contributed by atoms with Gasteiger partial charge in [0, 0.05) is 23.6 Å². The lowest BCUT2D eigenvalue weighted by atomic mass is 9.58. The smallest absolute Gasteiger partial charge is 0.133 e. The average Bonchev–Trinajstić information content (AvgIpc) is 3.76. The van der Waals surface area contributed by atoms with Crippen LogP contribution >= 0.6 is 0 Å². The number of benzene rings is 4. The molecule has 8 heteroatoms. The fourth-order valence-electron chi connectivity index (χ4n) is 11.9. The molecule has 6 aromatic rings. The zero-order valence-electron chi connectivity index (χ0n) is 33.2. The number of carbonyl (C=O) groups is 1. The van der Waals surface area contributed by atoms with Crippen LogP contribution in [0.1, 0.15) is 113 Å². The Kier molecular flexibility index (Phi) is 9.00. The van der Waals surface area contributed by atoms with Gasteiger partial charge in [-0.1, -0.05) is 13.8 Å². The van der Waals surface area contributed by atoms with Gasteiger partial charge in [-0.25, -0.2) is 18.1 Å². The van der Waals surface area contributed by atoms with E-state index in [1.165, 1.54) is 84.9 Å². The summed E-state index contributed by atoms with van der Waals surface area (Å²) >= 11 is 0. The van der Waals surface area contributed by atoms with Gasteiger partial charge in [0.1, 0.15) is 17.4 Å². The number of ether oxygens (including phenoxy) is 1. The van der Waals surface area contributed by atoms with Crippen molar-refractivity contribution in [3.8, 4) is 11.4 Å². The number of aryl methyl sites for hydroxylation is 2. The second kappa shape index (κ2) is 14.0. The van der Waals surface area contributed by atoms with E-state index < -0.39 is 0 Å². The molecule has 3 fully saturated rings. The molecule has 2 saturated carbocycles. The molecule has 0 amide bonds. The van der Waals surface area contributed by atoms with Crippen molar-refractivity contribution in [2.75, 3.05) is 6.61 Å². The number of epoxide rings is 1. The molecule has 11 rings (SSSR count). The topological polar surface area (TPSA) is 65.2 Å². The fraction of sp³-hybridized carbons (Fsp3) is 0.449. The Morgan fingerprint density at radius 1 is 0.684 bits per heavy atom. The van der Waals surface area contributed by atoms with Crippen LogP contribution in [-0.2, 0) is 33.2 Å². The molecule has 1 aliphatic heterocycles. The molecule has 0 unspecified atom stereocenters. The third kappa shape index (κ3) is 6.16. The standard InChI is InChI=1S/C25H27FN2O.C24H25FN2O/c1-2-25-11-10-24(16-29-24)14-19(25)5-3-4-17-13-23-18(12-22(17)25)15-27-28(23)21-8-6-20(26)7-9-21;1-2-24-11-10-21(28)14-18(24)5-3-4-16-13-23-17(12-22(16)24)15-26-27(23)20-8-6-19(25)7-9-20/h6-9,12-13,15,19H,2-5,10-11,14,16H2,1H3;6-9,12-13,15,18H,2-5,10-11,14H2,1H3/t19-,24-,25-;18-,24-/m11/s1. The Balaban J connectivity index is 0.000000139. The largest absolute Gasteiger partial charge is 0.370 e. The summed E-state index contributed by atoms with van der Waals surface area (Å²) in [6.07, 6.45) is 19.2. The first-order chi connectivity index (χ1) is 27.7. The van der Waals surface area contributed by atoms with Gasteiger partial charge in [0.25, 0.3) is 0 Å². The molecular formula is C49H52F2N4O2. The van der Waals surface area contributed by atoms with Crippen LogP contribution in [0.2, 0.25) is 0 Å². The molecule has 0 bridgehead atoms. The number of halogens is 2. The zero-order chi connectivity index (χ0) is 38.9. The molecule has 4 aromatic carbocycles. The molecule has 0 N–H and O–H groups in total. The van der Waals surface area contributed by atoms with Crippen molar-refractivity contribution < 1.29 is 18.3 Å². The minimum atomic E-state index is -0.239. The maximum atomic E-state index is 13.4. The first kappa shape index (κ1) is 36.6. The summed E-state index contributed by atoms with van der Waals surface area (Å²) in [5, 5.41) is 11.5. The second-order valence-corrected chi connectivity index (χ2v) is 17.8. The summed E-state index contributed by atoms with van der Waals surface area (Å²) in [6.45, 7) is 5.63. The lowest BCUT2D eigenvalue weighted by Gasteiger charge is -2.46. The van der Waals surface area contributed by atoms with Crippen molar-refractivity contribution in [3.05, 3.63) is 119 Å². The summed E-state index contributed by atoms with van der Waals surface area (Å²) in [4.78, 5) is 12.2. The van der Waals surface area contributed by atoms with E-state index in [0.29, 0.717) is 18.1 Å². The normalized spacial score (nSPS) is 27.8. The van der Waals surface area contributed by atoms with Crippen molar-refractivity contribution in [2.45, 2.75) is 120 Å². The maximum absolute atomic E-state index is 13.4. The first-order valence-electron chi connectivity index (χ1n) is 21.4. The van der Waals surface area contributed by atoms with E-state index >= 15 is 0 Å². The van der Waals surface area contributed by atoms with Gasteiger partial charge >= 0.3 is 0 Å². The van der Waals surface area contributed by atoms with Crippen LogP contribution in [0.5, 0.6) is 0 Å². The van der Waals surface area contributed by atoms with Gasteiger partial charge in [-0.3, -0.25) is 4.79 Å². The van der Waals surface area contributed by atoms with Crippen molar-refractivity contribution in [3.63, 3.8) is 0 Å². The van der Waals surface area contributed by atoms with E-state index in [2.05, 4.69) is 48.3 Å². The SMILES string of the molecule is CC[C@@]12CCC(=O)C[C@H]1CCCc1cc3c(cnn3-c3ccc(F)cc3)cc12.CC[C@@]12CC[C@]3(CO3)C[C@H]1CCCc1cc3c(cnn3-c3ccc(F)cc3)cc12. The van der Waals surface area contributed by atoms with E-state index in [1.807, 2.05) is 21.8 Å². The Labute approximate surface area is 333 Å². The van der Waals surface area contributed by atoms with Gasteiger partial charge in [-0.15, -0.1) is 0 Å². The number of nitrogens with zero attached hydrogens (tertiary/aromatic N) is 4. The average molecular weight is 767 g/mol. The number of ketones is 1. The monoisotopic (exact) mass is 766 g/mol. The summed E-state index contributed by atoms with van der Waals surface area (Å²) in [5.41, 5.74) is 10.5. The lowest BCUT2D eigenvalue weighted by Crippen LogP contribution is -2.43. The summed E-state index contributed by atoms with van der Waals surface area (Å²) in [5.74, 6) is 1.16. The predicted octanol–water partition coefficient (Wildman–Crippen LogP) is 11.2. The van der Waals surface area contributed by atoms with E-state index in [9.17, 15) is 13.6 Å². The van der Waals surface area contributed by atoms with Crippen molar-refractivity contribution in [1.82, 2.24) is 19.6 Å². The lowest BCUT2D eigenvalue weighted by molar-refractivity contribution is -0.123. The molecular weight excluding hydrogens is 715 g/mol. The highest BCUT2D eigenvalue weighted by atomic mass is 19.1. The van der Waals surface area contributed by atoms with Gasteiger partial charge in [0.2, 0.25) is 0 Å². The minimum Gasteiger partial charge on any atom is -0.370 e. The predicted molar refractivity (Wildman–Crippen MR) is 220 cm³/mol. The van der Waals surface area contributed by atoms with Crippen molar-refractivity contribution >= 4 is 27.6 Å². The highest BCUT2D eigenvalue weighted by Crippen LogP contribution is 2.58. The summed E-state index contributed by atoms with van der Waals surface area (Å²) in [7, 11) is 0. The first-order valence-corrected chi connectivity index (χ1v) is 21.4. The Hall–Kier alpha value is -4.69. The highest BCUT2D eigenvalue weighted by Gasteiger charge is 2.56. The molecule has 57 heavy (non-hydrogen) atoms. The molecule has 294 valence electrons. The molecule has 0 radical (unpaired) electrons. The van der Waals surface area contributed by atoms with Crippen molar-refractivity contribution in [2.24, 2.45) is 11.8 Å². The number of rotatable bonds is 4. The van der Waals surface area contributed by atoms with Crippen LogP contribution < -0.4 is 0 Å². The van der Waals surface area contributed by atoms with Gasteiger partial charge < -0.3 is 4.74 Å². The molecule has 4 aliphatic carbocycles. The number of hydrogen-bond donors (Lipinski definition) is 0. The molecule has 1 spiro atoms. The van der Waals surface area contributed by atoms with Crippen LogP contribution in [0.4, 0.5) is 8.78 Å². The molecule has 3 heterocycles. The van der Waals surface area contributed by atoms with Crippen LogP contribution in [-0.4, -0.2) is 37.6 Å². The quantitative estimate of drug-likeness (QED) is 0.168. The Bertz CT molecular complexity index is 2480. The molecule has 2 aromatic heterocycles. The highest BCUT2D eigenvalue weighted by molar-refractivity contribution is 5.84. The van der Waals surface area contributed by atoms with Crippen LogP contribution in [0.15, 0.2) is 85.2 Å². The number of carbonyl (C=O) groups excluding carboxylic acids is 1. The fourth-order valence-corrected chi connectivity index (χ4v) is 11.9. The van der Waals surface area contributed by atoms with Gasteiger partial charge in [0.15, 0.2) is 0 Å².